The van der Waals surface area contributed by atoms with Gasteiger partial charge in [-0.15, -0.1) is 0 Å². The summed E-state index contributed by atoms with van der Waals surface area (Å²) in [5.41, 5.74) is 2.37. The van der Waals surface area contributed by atoms with Gasteiger partial charge in [-0.1, -0.05) is 18.2 Å². The molecule has 3 heteroatoms. The van der Waals surface area contributed by atoms with Gasteiger partial charge in [-0.2, -0.15) is 0 Å². The Kier molecular flexibility index (Phi) is 3.02. The Labute approximate surface area is 90.1 Å². The van der Waals surface area contributed by atoms with Crippen LogP contribution in [0.25, 0.3) is 0 Å². The molecule has 0 aromatic heterocycles. The van der Waals surface area contributed by atoms with E-state index in [0.717, 1.165) is 25.2 Å². The maximum atomic E-state index is 11.8. The van der Waals surface area contributed by atoms with Crippen LogP contribution < -0.4 is 10.2 Å². The first-order chi connectivity index (χ1) is 7.33. The van der Waals surface area contributed by atoms with E-state index >= 15 is 0 Å². The minimum atomic E-state index is 0.240. The quantitative estimate of drug-likeness (QED) is 0.802. The van der Waals surface area contributed by atoms with Gasteiger partial charge in [-0.3, -0.25) is 4.79 Å². The highest BCUT2D eigenvalue weighted by Gasteiger charge is 2.22. The second kappa shape index (κ2) is 4.45. The van der Waals surface area contributed by atoms with Crippen LogP contribution in [0.15, 0.2) is 24.3 Å². The van der Waals surface area contributed by atoms with Crippen LogP contribution in [0, 0.1) is 0 Å². The highest BCUT2D eigenvalue weighted by molar-refractivity contribution is 5.96. The fourth-order valence-electron chi connectivity index (χ4n) is 1.97. The van der Waals surface area contributed by atoms with E-state index in [1.807, 2.05) is 30.1 Å². The fourth-order valence-corrected chi connectivity index (χ4v) is 1.97. The van der Waals surface area contributed by atoms with Crippen molar-refractivity contribution in [1.82, 2.24) is 5.32 Å². The number of nitrogens with zero attached hydrogens (tertiary/aromatic N) is 1. The lowest BCUT2D eigenvalue weighted by atomic mass is 10.0. The number of carbonyl (C=O) groups excluding carboxylic acids is 1. The molecule has 3 nitrogen and oxygen atoms in total. The smallest absolute Gasteiger partial charge is 0.227 e. The number of para-hydroxylation sites is 1. The predicted octanol–water partition coefficient (Wildman–Crippen LogP) is 1.19. The van der Waals surface area contributed by atoms with Crippen LogP contribution in [-0.2, 0) is 11.2 Å². The third-order valence-corrected chi connectivity index (χ3v) is 2.78. The maximum Gasteiger partial charge on any atom is 0.227 e. The molecule has 0 unspecified atom stereocenters. The van der Waals surface area contributed by atoms with Gasteiger partial charge < -0.3 is 10.2 Å². The average molecular weight is 204 g/mol. The molecule has 1 aromatic rings. The van der Waals surface area contributed by atoms with Crippen LogP contribution >= 0.6 is 0 Å². The third kappa shape index (κ3) is 2.02. The van der Waals surface area contributed by atoms with Crippen molar-refractivity contribution in [3.05, 3.63) is 29.8 Å². The number of nitrogens with one attached hydrogen (secondary N) is 1. The van der Waals surface area contributed by atoms with E-state index in [9.17, 15) is 4.79 Å². The number of aryl methyl sites for hydroxylation is 1. The number of rotatable bonds is 3. The van der Waals surface area contributed by atoms with Crippen LogP contribution in [0.2, 0.25) is 0 Å². The lowest BCUT2D eigenvalue weighted by molar-refractivity contribution is -0.118. The molecule has 2 rings (SSSR count). The van der Waals surface area contributed by atoms with Crippen molar-refractivity contribution in [1.29, 1.82) is 0 Å². The van der Waals surface area contributed by atoms with Crippen LogP contribution in [0.3, 0.4) is 0 Å². The summed E-state index contributed by atoms with van der Waals surface area (Å²) in [5.74, 6) is 0.240. The van der Waals surface area contributed by atoms with E-state index in [-0.39, 0.29) is 5.91 Å². The normalized spacial score (nSPS) is 15.3. The molecule has 0 aliphatic carbocycles. The molecule has 1 N–H and O–H groups in total. The molecular weight excluding hydrogens is 188 g/mol. The summed E-state index contributed by atoms with van der Waals surface area (Å²) in [6.07, 6.45) is 1.52. The molecule has 1 aromatic carbocycles. The Hall–Kier alpha value is -1.35. The van der Waals surface area contributed by atoms with Crippen molar-refractivity contribution < 1.29 is 4.79 Å². The van der Waals surface area contributed by atoms with Crippen LogP contribution in [0.5, 0.6) is 0 Å². The van der Waals surface area contributed by atoms with Gasteiger partial charge >= 0.3 is 0 Å². The fraction of sp³-hybridized carbons (Fsp3) is 0.417. The van der Waals surface area contributed by atoms with E-state index in [4.69, 9.17) is 0 Å². The van der Waals surface area contributed by atoms with Crippen LogP contribution in [0.4, 0.5) is 5.69 Å². The maximum absolute atomic E-state index is 11.8. The number of carbonyl (C=O) groups is 1. The molecule has 15 heavy (non-hydrogen) atoms. The number of fused-ring (bicyclic) bond motifs is 1. The van der Waals surface area contributed by atoms with E-state index in [1.165, 1.54) is 5.56 Å². The summed E-state index contributed by atoms with van der Waals surface area (Å²) in [6.45, 7) is 1.59. The van der Waals surface area contributed by atoms with Crippen LogP contribution in [-0.4, -0.2) is 26.0 Å². The van der Waals surface area contributed by atoms with Crippen molar-refractivity contribution in [3.8, 4) is 0 Å². The molecule has 0 saturated heterocycles. The second-order valence-electron chi connectivity index (χ2n) is 3.78. The topological polar surface area (TPSA) is 32.3 Å². The van der Waals surface area contributed by atoms with Crippen LogP contribution in [0.1, 0.15) is 12.0 Å². The molecule has 0 fully saturated rings. The standard InChI is InChI=1S/C12H16N2O/c1-13-8-9-14-11-5-3-2-4-10(11)6-7-12(14)15/h2-5,13H,6-9H2,1H3. The third-order valence-electron chi connectivity index (χ3n) is 2.78. The zero-order valence-electron chi connectivity index (χ0n) is 8.99. The first kappa shape index (κ1) is 10.2. The first-order valence-corrected chi connectivity index (χ1v) is 5.36. The van der Waals surface area contributed by atoms with Gasteiger partial charge in [0, 0.05) is 25.2 Å². The van der Waals surface area contributed by atoms with Gasteiger partial charge in [0.25, 0.3) is 0 Å². The summed E-state index contributed by atoms with van der Waals surface area (Å²) in [5, 5.41) is 3.07. The molecule has 0 radical (unpaired) electrons. The van der Waals surface area contributed by atoms with Crippen molar-refractivity contribution in [2.24, 2.45) is 0 Å². The molecule has 1 aliphatic heterocycles. The second-order valence-corrected chi connectivity index (χ2v) is 3.78. The summed E-state index contributed by atoms with van der Waals surface area (Å²) in [7, 11) is 1.90. The van der Waals surface area contributed by atoms with Gasteiger partial charge in [0.1, 0.15) is 0 Å². The lowest BCUT2D eigenvalue weighted by Crippen LogP contribution is -2.39. The van der Waals surface area contributed by atoms with Crippen molar-refractivity contribution >= 4 is 11.6 Å². The molecule has 1 aliphatic rings. The predicted molar refractivity (Wildman–Crippen MR) is 61.0 cm³/mol. The van der Waals surface area contributed by atoms with Crippen molar-refractivity contribution in [3.63, 3.8) is 0 Å². The van der Waals surface area contributed by atoms with Gasteiger partial charge in [0.15, 0.2) is 0 Å². The van der Waals surface area contributed by atoms with Gasteiger partial charge in [-0.25, -0.2) is 0 Å². The molecule has 0 spiro atoms. The molecule has 0 bridgehead atoms. The van der Waals surface area contributed by atoms with E-state index in [0.29, 0.717) is 6.42 Å². The Morgan fingerprint density at radius 1 is 1.33 bits per heavy atom. The Morgan fingerprint density at radius 2 is 2.13 bits per heavy atom. The molecule has 80 valence electrons. The van der Waals surface area contributed by atoms with Crippen molar-refractivity contribution in [2.45, 2.75) is 12.8 Å². The summed E-state index contributed by atoms with van der Waals surface area (Å²) in [6, 6.07) is 8.16. The Morgan fingerprint density at radius 3 is 2.93 bits per heavy atom. The highest BCUT2D eigenvalue weighted by Crippen LogP contribution is 2.26. The zero-order chi connectivity index (χ0) is 10.7. The molecular formula is C12H16N2O. The summed E-state index contributed by atoms with van der Waals surface area (Å²) >= 11 is 0. The zero-order valence-corrected chi connectivity index (χ0v) is 8.99. The molecule has 1 heterocycles. The molecule has 0 saturated carbocycles. The number of benzene rings is 1. The highest BCUT2D eigenvalue weighted by atomic mass is 16.2. The van der Waals surface area contributed by atoms with E-state index in [1.54, 1.807) is 0 Å². The minimum absolute atomic E-state index is 0.240. The van der Waals surface area contributed by atoms with E-state index < -0.39 is 0 Å². The summed E-state index contributed by atoms with van der Waals surface area (Å²) in [4.78, 5) is 13.6. The Bertz CT molecular complexity index is 362. The molecule has 0 atom stereocenters. The number of hydrogen-bond donors (Lipinski definition) is 1. The monoisotopic (exact) mass is 204 g/mol. The van der Waals surface area contributed by atoms with Gasteiger partial charge in [-0.05, 0) is 25.1 Å². The Balaban J connectivity index is 2.25. The minimum Gasteiger partial charge on any atom is -0.318 e. The number of hydrogen-bond acceptors (Lipinski definition) is 2. The van der Waals surface area contributed by atoms with Gasteiger partial charge in [0.2, 0.25) is 5.91 Å². The van der Waals surface area contributed by atoms with E-state index in [2.05, 4.69) is 11.4 Å². The largest absolute Gasteiger partial charge is 0.318 e. The summed E-state index contributed by atoms with van der Waals surface area (Å²) < 4.78 is 0. The SMILES string of the molecule is CNCCN1C(=O)CCc2ccccc21. The average Bonchev–Trinajstić information content (AvgIpc) is 2.28. The number of amides is 1. The van der Waals surface area contributed by atoms with Crippen molar-refractivity contribution in [2.75, 3.05) is 25.0 Å². The molecule has 1 amide bonds. The number of anilines is 1. The number of likely N-dealkylation sites (N-methyl/N-ethyl adjacent to an activating group) is 1. The first-order valence-electron chi connectivity index (χ1n) is 5.36. The lowest BCUT2D eigenvalue weighted by Gasteiger charge is -2.29. The van der Waals surface area contributed by atoms with Gasteiger partial charge in [0.05, 0.1) is 0 Å².